The van der Waals surface area contributed by atoms with Crippen LogP contribution in [0.3, 0.4) is 0 Å². The van der Waals surface area contributed by atoms with Gasteiger partial charge in [-0.3, -0.25) is 0 Å². The molecule has 0 bridgehead atoms. The van der Waals surface area contributed by atoms with E-state index in [0.717, 1.165) is 16.8 Å². The van der Waals surface area contributed by atoms with E-state index >= 15 is 0 Å². The van der Waals surface area contributed by atoms with Crippen LogP contribution in [0.15, 0.2) is 34.9 Å². The van der Waals surface area contributed by atoms with E-state index in [0.29, 0.717) is 11.8 Å². The Morgan fingerprint density at radius 2 is 1.68 bits per heavy atom. The Balaban J connectivity index is 1.98. The SMILES string of the molecule is Nc1onc(C2CCCCCC2)c1-c1ccccc1. The lowest BCUT2D eigenvalue weighted by Gasteiger charge is -2.12. The van der Waals surface area contributed by atoms with E-state index in [4.69, 9.17) is 10.3 Å². The topological polar surface area (TPSA) is 52.0 Å². The molecule has 0 amide bonds. The fourth-order valence-corrected chi connectivity index (χ4v) is 3.04. The van der Waals surface area contributed by atoms with Gasteiger partial charge in [0.2, 0.25) is 5.88 Å². The van der Waals surface area contributed by atoms with Crippen molar-refractivity contribution in [1.29, 1.82) is 0 Å². The quantitative estimate of drug-likeness (QED) is 0.812. The minimum Gasteiger partial charge on any atom is -0.367 e. The molecule has 1 aliphatic rings. The number of nitrogens with zero attached hydrogens (tertiary/aromatic N) is 1. The maximum atomic E-state index is 5.99. The highest BCUT2D eigenvalue weighted by molar-refractivity contribution is 5.75. The number of nitrogens with two attached hydrogens (primary N) is 1. The van der Waals surface area contributed by atoms with Crippen LogP contribution in [0.1, 0.15) is 50.1 Å². The molecule has 1 saturated carbocycles. The first kappa shape index (κ1) is 12.3. The van der Waals surface area contributed by atoms with Gasteiger partial charge in [0.25, 0.3) is 0 Å². The van der Waals surface area contributed by atoms with Crippen molar-refractivity contribution in [3.05, 3.63) is 36.0 Å². The average Bonchev–Trinajstić information content (AvgIpc) is 2.67. The van der Waals surface area contributed by atoms with Crippen molar-refractivity contribution in [2.24, 2.45) is 0 Å². The first-order chi connectivity index (χ1) is 9.36. The average molecular weight is 256 g/mol. The van der Waals surface area contributed by atoms with Gasteiger partial charge in [0.15, 0.2) is 0 Å². The molecule has 0 aliphatic heterocycles. The summed E-state index contributed by atoms with van der Waals surface area (Å²) < 4.78 is 5.27. The van der Waals surface area contributed by atoms with Crippen LogP contribution in [0, 0.1) is 0 Å². The van der Waals surface area contributed by atoms with Gasteiger partial charge >= 0.3 is 0 Å². The van der Waals surface area contributed by atoms with E-state index in [1.807, 2.05) is 18.2 Å². The van der Waals surface area contributed by atoms with Gasteiger partial charge in [-0.05, 0) is 18.4 Å². The monoisotopic (exact) mass is 256 g/mol. The standard InChI is InChI=1S/C16H20N2O/c17-16-14(12-8-6-3-7-9-12)15(18-19-16)13-10-4-1-2-5-11-13/h3,6-9,13H,1-2,4-5,10-11,17H2. The molecule has 3 rings (SSSR count). The van der Waals surface area contributed by atoms with E-state index in [9.17, 15) is 0 Å². The third kappa shape index (κ3) is 2.50. The molecule has 2 N–H and O–H groups in total. The lowest BCUT2D eigenvalue weighted by atomic mass is 9.91. The number of benzene rings is 1. The molecule has 1 aliphatic carbocycles. The highest BCUT2D eigenvalue weighted by atomic mass is 16.5. The molecular formula is C16H20N2O. The molecule has 0 spiro atoms. The molecule has 1 heterocycles. The van der Waals surface area contributed by atoms with Gasteiger partial charge in [-0.1, -0.05) is 61.2 Å². The molecule has 100 valence electrons. The normalized spacial score (nSPS) is 17.3. The zero-order chi connectivity index (χ0) is 13.1. The molecule has 0 saturated heterocycles. The Labute approximate surface area is 113 Å². The van der Waals surface area contributed by atoms with Crippen LogP contribution in [0.5, 0.6) is 0 Å². The lowest BCUT2D eigenvalue weighted by Crippen LogP contribution is -2.00. The molecule has 0 radical (unpaired) electrons. The van der Waals surface area contributed by atoms with Gasteiger partial charge in [0, 0.05) is 5.92 Å². The van der Waals surface area contributed by atoms with Crippen molar-refractivity contribution in [3.8, 4) is 11.1 Å². The van der Waals surface area contributed by atoms with Gasteiger partial charge in [-0.25, -0.2) is 0 Å². The highest BCUT2D eigenvalue weighted by Gasteiger charge is 2.24. The van der Waals surface area contributed by atoms with Crippen LogP contribution in [0.25, 0.3) is 11.1 Å². The first-order valence-electron chi connectivity index (χ1n) is 7.16. The van der Waals surface area contributed by atoms with Crippen LogP contribution >= 0.6 is 0 Å². The summed E-state index contributed by atoms with van der Waals surface area (Å²) in [6, 6.07) is 10.2. The van der Waals surface area contributed by atoms with Gasteiger partial charge in [0.05, 0.1) is 11.3 Å². The summed E-state index contributed by atoms with van der Waals surface area (Å²) in [7, 11) is 0. The number of aromatic nitrogens is 1. The zero-order valence-corrected chi connectivity index (χ0v) is 11.1. The minimum absolute atomic E-state index is 0.449. The summed E-state index contributed by atoms with van der Waals surface area (Å²) in [5.74, 6) is 0.948. The molecule has 1 fully saturated rings. The molecule has 1 aromatic heterocycles. The van der Waals surface area contributed by atoms with E-state index in [-0.39, 0.29) is 0 Å². The maximum absolute atomic E-state index is 5.99. The van der Waals surface area contributed by atoms with E-state index in [2.05, 4.69) is 17.3 Å². The first-order valence-corrected chi connectivity index (χ1v) is 7.16. The maximum Gasteiger partial charge on any atom is 0.230 e. The summed E-state index contributed by atoms with van der Waals surface area (Å²) in [5.41, 5.74) is 9.17. The molecule has 0 unspecified atom stereocenters. The van der Waals surface area contributed by atoms with Gasteiger partial charge in [-0.15, -0.1) is 0 Å². The van der Waals surface area contributed by atoms with Crippen molar-refractivity contribution >= 4 is 5.88 Å². The van der Waals surface area contributed by atoms with E-state index in [1.165, 1.54) is 38.5 Å². The van der Waals surface area contributed by atoms with Gasteiger partial charge < -0.3 is 10.3 Å². The number of rotatable bonds is 2. The van der Waals surface area contributed by atoms with Crippen molar-refractivity contribution in [2.45, 2.75) is 44.4 Å². The summed E-state index contributed by atoms with van der Waals surface area (Å²) in [5, 5.41) is 4.26. The summed E-state index contributed by atoms with van der Waals surface area (Å²) >= 11 is 0. The molecule has 19 heavy (non-hydrogen) atoms. The van der Waals surface area contributed by atoms with Crippen LogP contribution < -0.4 is 5.73 Å². The van der Waals surface area contributed by atoms with Gasteiger partial charge in [0.1, 0.15) is 0 Å². The predicted molar refractivity (Wildman–Crippen MR) is 76.8 cm³/mol. The Morgan fingerprint density at radius 3 is 2.37 bits per heavy atom. The number of hydrogen-bond donors (Lipinski definition) is 1. The van der Waals surface area contributed by atoms with Crippen LogP contribution in [-0.2, 0) is 0 Å². The number of nitrogen functional groups attached to an aromatic ring is 1. The van der Waals surface area contributed by atoms with Gasteiger partial charge in [-0.2, -0.15) is 0 Å². The summed E-state index contributed by atoms with van der Waals surface area (Å²) in [4.78, 5) is 0. The highest BCUT2D eigenvalue weighted by Crippen LogP contribution is 2.39. The fourth-order valence-electron chi connectivity index (χ4n) is 3.04. The van der Waals surface area contributed by atoms with Crippen LogP contribution in [0.4, 0.5) is 5.88 Å². The third-order valence-electron chi connectivity index (χ3n) is 4.05. The number of hydrogen-bond acceptors (Lipinski definition) is 3. The van der Waals surface area contributed by atoms with Crippen molar-refractivity contribution in [1.82, 2.24) is 5.16 Å². The summed E-state index contributed by atoms with van der Waals surface area (Å²) in [6.07, 6.45) is 7.64. The Morgan fingerprint density at radius 1 is 1.00 bits per heavy atom. The van der Waals surface area contributed by atoms with Crippen LogP contribution in [0.2, 0.25) is 0 Å². The smallest absolute Gasteiger partial charge is 0.230 e. The second-order valence-electron chi connectivity index (χ2n) is 5.36. The fraction of sp³-hybridized carbons (Fsp3) is 0.438. The lowest BCUT2D eigenvalue weighted by molar-refractivity contribution is 0.413. The van der Waals surface area contributed by atoms with Crippen molar-refractivity contribution < 1.29 is 4.52 Å². The van der Waals surface area contributed by atoms with Crippen molar-refractivity contribution in [2.75, 3.05) is 5.73 Å². The Bertz CT molecular complexity index is 525. The van der Waals surface area contributed by atoms with E-state index < -0.39 is 0 Å². The second-order valence-corrected chi connectivity index (χ2v) is 5.36. The third-order valence-corrected chi connectivity index (χ3v) is 4.05. The van der Waals surface area contributed by atoms with Crippen molar-refractivity contribution in [3.63, 3.8) is 0 Å². The molecule has 3 nitrogen and oxygen atoms in total. The molecule has 3 heteroatoms. The Kier molecular flexibility index (Phi) is 3.53. The minimum atomic E-state index is 0.449. The number of anilines is 1. The van der Waals surface area contributed by atoms with E-state index in [1.54, 1.807) is 0 Å². The van der Waals surface area contributed by atoms with Crippen LogP contribution in [-0.4, -0.2) is 5.16 Å². The molecule has 2 aromatic rings. The largest absolute Gasteiger partial charge is 0.367 e. The molecular weight excluding hydrogens is 236 g/mol. The Hall–Kier alpha value is -1.77. The zero-order valence-electron chi connectivity index (χ0n) is 11.1. The molecule has 1 aromatic carbocycles. The summed E-state index contributed by atoms with van der Waals surface area (Å²) in [6.45, 7) is 0. The molecule has 0 atom stereocenters. The predicted octanol–water partition coefficient (Wildman–Crippen LogP) is 4.36. The second kappa shape index (κ2) is 5.47.